The first-order valence-corrected chi connectivity index (χ1v) is 6.67. The molecule has 0 aromatic carbocycles. The minimum Gasteiger partial charge on any atom is -0.461 e. The van der Waals surface area contributed by atoms with E-state index in [1.165, 1.54) is 0 Å². The number of Topliss-reactive ketones (excluding diaryl/α,β-unsaturated/α-hetero) is 1. The molecule has 2 unspecified atom stereocenters. The van der Waals surface area contributed by atoms with Crippen molar-refractivity contribution in [3.8, 4) is 0 Å². The van der Waals surface area contributed by atoms with Gasteiger partial charge in [-0.2, -0.15) is 11.8 Å². The number of thioether (sulfide) groups is 1. The molecule has 2 aliphatic carbocycles. The van der Waals surface area contributed by atoms with Crippen molar-refractivity contribution >= 4 is 23.5 Å². The number of ether oxygens (including phenoxy) is 1. The summed E-state index contributed by atoms with van der Waals surface area (Å²) >= 11 is 1.75. The maximum atomic E-state index is 11.7. The Kier molecular flexibility index (Phi) is 1.94. The summed E-state index contributed by atoms with van der Waals surface area (Å²) in [6.45, 7) is 1.61. The largest absolute Gasteiger partial charge is 0.461 e. The monoisotopic (exact) mass is 226 g/mol. The fraction of sp³-hybridized carbons (Fsp3) is 0.818. The van der Waals surface area contributed by atoms with Gasteiger partial charge in [0.05, 0.1) is 5.92 Å². The zero-order chi connectivity index (χ0) is 10.7. The maximum absolute atomic E-state index is 11.7. The molecule has 2 saturated carbocycles. The summed E-state index contributed by atoms with van der Waals surface area (Å²) in [5, 5.41) is 0.353. The van der Waals surface area contributed by atoms with Crippen LogP contribution in [0.3, 0.4) is 0 Å². The summed E-state index contributed by atoms with van der Waals surface area (Å²) in [7, 11) is 0. The van der Waals surface area contributed by atoms with Crippen LogP contribution in [-0.2, 0) is 14.3 Å². The second-order valence-corrected chi connectivity index (χ2v) is 5.84. The van der Waals surface area contributed by atoms with Crippen molar-refractivity contribution in [1.29, 1.82) is 0 Å². The molecule has 1 aliphatic heterocycles. The van der Waals surface area contributed by atoms with Crippen molar-refractivity contribution in [1.82, 2.24) is 0 Å². The van der Waals surface area contributed by atoms with Gasteiger partial charge >= 0.3 is 5.97 Å². The number of esters is 1. The molecular formula is C11H14O3S. The Hall–Kier alpha value is -0.510. The molecular weight excluding hydrogens is 212 g/mol. The van der Waals surface area contributed by atoms with Crippen molar-refractivity contribution in [3.63, 3.8) is 0 Å². The molecule has 82 valence electrons. The molecule has 0 amide bonds. The molecule has 6 atom stereocenters. The Morgan fingerprint density at radius 1 is 1.47 bits per heavy atom. The lowest BCUT2D eigenvalue weighted by molar-refractivity contribution is -0.145. The molecule has 3 aliphatic rings. The maximum Gasteiger partial charge on any atom is 0.310 e. The van der Waals surface area contributed by atoms with Gasteiger partial charge in [-0.05, 0) is 25.5 Å². The number of rotatable bonds is 2. The van der Waals surface area contributed by atoms with Crippen molar-refractivity contribution < 1.29 is 14.3 Å². The molecule has 0 radical (unpaired) electrons. The topological polar surface area (TPSA) is 43.4 Å². The SMILES string of the molecule is CSC1[C@H]2C[C@@H]3[C@@H]1OC(=O)[C@H]3C2C(C)=O. The van der Waals surface area contributed by atoms with E-state index in [-0.39, 0.29) is 29.7 Å². The summed E-state index contributed by atoms with van der Waals surface area (Å²) in [5.74, 6) is 0.588. The lowest BCUT2D eigenvalue weighted by Gasteiger charge is -2.28. The predicted molar refractivity (Wildman–Crippen MR) is 56.4 cm³/mol. The molecule has 1 saturated heterocycles. The Balaban J connectivity index is 2.01. The van der Waals surface area contributed by atoms with E-state index in [4.69, 9.17) is 4.74 Å². The molecule has 15 heavy (non-hydrogen) atoms. The third kappa shape index (κ3) is 1.03. The normalized spacial score (nSPS) is 50.9. The predicted octanol–water partition coefficient (Wildman–Crippen LogP) is 1.11. The number of fused-ring (bicyclic) bond motifs is 1. The lowest BCUT2D eigenvalue weighted by atomic mass is 9.78. The fourth-order valence-electron chi connectivity index (χ4n) is 3.86. The van der Waals surface area contributed by atoms with Crippen LogP contribution in [0.2, 0.25) is 0 Å². The van der Waals surface area contributed by atoms with Gasteiger partial charge in [0.1, 0.15) is 11.9 Å². The summed E-state index contributed by atoms with van der Waals surface area (Å²) in [6.07, 6.45) is 3.15. The van der Waals surface area contributed by atoms with Gasteiger partial charge in [-0.1, -0.05) is 0 Å². The van der Waals surface area contributed by atoms with Crippen molar-refractivity contribution in [2.75, 3.05) is 6.26 Å². The van der Waals surface area contributed by atoms with Crippen molar-refractivity contribution in [2.24, 2.45) is 23.7 Å². The molecule has 3 fully saturated rings. The first-order valence-electron chi connectivity index (χ1n) is 5.39. The van der Waals surface area contributed by atoms with E-state index in [1.807, 2.05) is 6.26 Å². The van der Waals surface area contributed by atoms with Gasteiger partial charge in [0.15, 0.2) is 0 Å². The average Bonchev–Trinajstić information content (AvgIpc) is 2.75. The highest BCUT2D eigenvalue weighted by Crippen LogP contribution is 2.60. The van der Waals surface area contributed by atoms with E-state index in [2.05, 4.69) is 0 Å². The van der Waals surface area contributed by atoms with Crippen LogP contribution < -0.4 is 0 Å². The van der Waals surface area contributed by atoms with Gasteiger partial charge in [0.25, 0.3) is 0 Å². The molecule has 3 rings (SSSR count). The standard InChI is InChI=1S/C11H14O3S/c1-4(12)7-6-3-5-8(7)11(13)14-9(5)10(6)15-2/h5-10H,3H2,1-2H3/t5-,6-,7?,8+,9-,10?/m0/s1. The van der Waals surface area contributed by atoms with Crippen LogP contribution in [0.4, 0.5) is 0 Å². The third-order valence-corrected chi connectivity index (χ3v) is 5.45. The number of hydrogen-bond donors (Lipinski definition) is 0. The van der Waals surface area contributed by atoms with Gasteiger partial charge in [-0.15, -0.1) is 0 Å². The Labute approximate surface area is 92.9 Å². The van der Waals surface area contributed by atoms with Crippen molar-refractivity contribution in [2.45, 2.75) is 24.7 Å². The van der Waals surface area contributed by atoms with Crippen LogP contribution in [-0.4, -0.2) is 29.4 Å². The minimum atomic E-state index is -0.121. The van der Waals surface area contributed by atoms with E-state index in [0.29, 0.717) is 17.1 Å². The fourth-order valence-corrected chi connectivity index (χ4v) is 5.01. The molecule has 4 heteroatoms. The van der Waals surface area contributed by atoms with E-state index in [0.717, 1.165) is 6.42 Å². The number of hydrogen-bond acceptors (Lipinski definition) is 4. The first-order chi connectivity index (χ1) is 7.15. The first kappa shape index (κ1) is 9.70. The zero-order valence-corrected chi connectivity index (χ0v) is 9.62. The van der Waals surface area contributed by atoms with Crippen LogP contribution in [0.25, 0.3) is 0 Å². The number of carbonyl (C=O) groups is 2. The Morgan fingerprint density at radius 2 is 2.20 bits per heavy atom. The quantitative estimate of drug-likeness (QED) is 0.662. The summed E-state index contributed by atoms with van der Waals surface area (Å²) < 4.78 is 5.41. The molecule has 3 nitrogen and oxygen atoms in total. The Morgan fingerprint density at radius 3 is 2.80 bits per heavy atom. The number of ketones is 1. The molecule has 0 spiro atoms. The third-order valence-electron chi connectivity index (χ3n) is 4.29. The summed E-state index contributed by atoms with van der Waals surface area (Å²) in [4.78, 5) is 23.3. The molecule has 0 aromatic rings. The minimum absolute atomic E-state index is 0.0568. The van der Waals surface area contributed by atoms with Gasteiger partial charge in [-0.3, -0.25) is 9.59 Å². The number of carbonyl (C=O) groups excluding carboxylic acids is 2. The second kappa shape index (κ2) is 3.00. The second-order valence-electron chi connectivity index (χ2n) is 4.83. The van der Waals surface area contributed by atoms with E-state index in [9.17, 15) is 9.59 Å². The average molecular weight is 226 g/mol. The van der Waals surface area contributed by atoms with Crippen LogP contribution in [0, 0.1) is 23.7 Å². The van der Waals surface area contributed by atoms with Crippen LogP contribution in [0.5, 0.6) is 0 Å². The van der Waals surface area contributed by atoms with Gasteiger partial charge < -0.3 is 4.74 Å². The smallest absolute Gasteiger partial charge is 0.310 e. The van der Waals surface area contributed by atoms with Crippen LogP contribution in [0.15, 0.2) is 0 Å². The molecule has 0 N–H and O–H groups in total. The molecule has 2 bridgehead atoms. The van der Waals surface area contributed by atoms with E-state index in [1.54, 1.807) is 18.7 Å². The summed E-state index contributed by atoms with van der Waals surface area (Å²) in [5.41, 5.74) is 0. The lowest BCUT2D eigenvalue weighted by Crippen LogP contribution is -2.38. The van der Waals surface area contributed by atoms with Crippen LogP contribution in [0.1, 0.15) is 13.3 Å². The van der Waals surface area contributed by atoms with E-state index >= 15 is 0 Å². The zero-order valence-electron chi connectivity index (χ0n) is 8.80. The highest BCUT2D eigenvalue weighted by Gasteiger charge is 2.67. The summed E-state index contributed by atoms with van der Waals surface area (Å²) in [6, 6.07) is 0. The van der Waals surface area contributed by atoms with Crippen molar-refractivity contribution in [3.05, 3.63) is 0 Å². The Bertz CT molecular complexity index is 341. The van der Waals surface area contributed by atoms with Gasteiger partial charge in [0, 0.05) is 17.1 Å². The van der Waals surface area contributed by atoms with Crippen LogP contribution >= 0.6 is 11.8 Å². The highest BCUT2D eigenvalue weighted by atomic mass is 32.2. The van der Waals surface area contributed by atoms with E-state index < -0.39 is 0 Å². The molecule has 1 heterocycles. The molecule has 0 aromatic heterocycles. The van der Waals surface area contributed by atoms with Gasteiger partial charge in [-0.25, -0.2) is 0 Å². The highest BCUT2D eigenvalue weighted by molar-refractivity contribution is 7.99. The van der Waals surface area contributed by atoms with Gasteiger partial charge in [0.2, 0.25) is 0 Å².